The van der Waals surface area contributed by atoms with Crippen LogP contribution in [0, 0.1) is 16.7 Å². The van der Waals surface area contributed by atoms with Gasteiger partial charge in [-0.15, -0.1) is 0 Å². The van der Waals surface area contributed by atoms with E-state index in [9.17, 15) is 9.59 Å². The van der Waals surface area contributed by atoms with Crippen LogP contribution in [0.15, 0.2) is 0 Å². The fraction of sp³-hybridized carbons (Fsp3) is 0.905. The van der Waals surface area contributed by atoms with Gasteiger partial charge in [0.1, 0.15) is 0 Å². The fourth-order valence-electron chi connectivity index (χ4n) is 2.59. The summed E-state index contributed by atoms with van der Waals surface area (Å²) in [5.41, 5.74) is 0.700. The number of hydrogen-bond donors (Lipinski definition) is 0. The Kier molecular flexibility index (Phi) is 12.9. The monoisotopic (exact) mass is 476 g/mol. The molecule has 0 aromatic heterocycles. The van der Waals surface area contributed by atoms with Gasteiger partial charge >= 0.3 is 173 Å². The Bertz CT molecular complexity index is 407. The van der Waals surface area contributed by atoms with Crippen molar-refractivity contribution in [3.63, 3.8) is 0 Å². The van der Waals surface area contributed by atoms with Crippen molar-refractivity contribution in [3.05, 3.63) is 0 Å². The van der Waals surface area contributed by atoms with Gasteiger partial charge in [0.25, 0.3) is 0 Å². The van der Waals surface area contributed by atoms with E-state index >= 15 is 0 Å². The van der Waals surface area contributed by atoms with Crippen molar-refractivity contribution >= 4 is 33.9 Å². The van der Waals surface area contributed by atoms with Crippen LogP contribution in [0.5, 0.6) is 0 Å². The van der Waals surface area contributed by atoms with E-state index in [1.807, 2.05) is 6.92 Å². The van der Waals surface area contributed by atoms with Crippen molar-refractivity contribution < 1.29 is 15.7 Å². The molecular weight excluding hydrogens is 435 g/mol. The second kappa shape index (κ2) is 13.0. The van der Waals surface area contributed by atoms with Gasteiger partial charge in [0, 0.05) is 0 Å². The van der Waals surface area contributed by atoms with Crippen molar-refractivity contribution in [2.75, 3.05) is 0 Å². The molecule has 152 valence electrons. The van der Waals surface area contributed by atoms with Crippen LogP contribution < -0.4 is 0 Å². The number of carbonyl (C=O) groups is 2. The van der Waals surface area contributed by atoms with E-state index in [-0.39, 0.29) is 17.9 Å². The van der Waals surface area contributed by atoms with Crippen LogP contribution in [0.1, 0.15) is 106 Å². The second-order valence-electron chi connectivity index (χ2n) is 9.81. The predicted octanol–water partition coefficient (Wildman–Crippen LogP) is 5.85. The molecule has 0 N–H and O–H groups in total. The first-order valence-electron chi connectivity index (χ1n) is 10.1. The summed E-state index contributed by atoms with van der Waals surface area (Å²) in [5.74, 6) is -0.518. The van der Waals surface area contributed by atoms with E-state index in [0.29, 0.717) is 17.3 Å². The number of unbranched alkanes of at least 4 members (excludes halogenated alkanes) is 3. The molecule has 0 rings (SSSR count). The summed E-state index contributed by atoms with van der Waals surface area (Å²) in [5, 5.41) is 0. The summed E-state index contributed by atoms with van der Waals surface area (Å²) in [7, 11) is 0. The summed E-state index contributed by atoms with van der Waals surface area (Å²) in [6.45, 7) is 15.3. The van der Waals surface area contributed by atoms with Gasteiger partial charge in [0.15, 0.2) is 0 Å². The second-order valence-corrected chi connectivity index (χ2v) is 11.4. The van der Waals surface area contributed by atoms with Crippen LogP contribution in [-0.4, -0.2) is 33.9 Å². The summed E-state index contributed by atoms with van der Waals surface area (Å²) < 4.78 is 10.4. The van der Waals surface area contributed by atoms with Crippen LogP contribution in [0.3, 0.4) is 0 Å². The predicted molar refractivity (Wildman–Crippen MR) is 108 cm³/mol. The first-order valence-corrected chi connectivity index (χ1v) is 12.4. The third kappa shape index (κ3) is 17.2. The molecule has 0 spiro atoms. The molecule has 0 amide bonds. The van der Waals surface area contributed by atoms with Crippen LogP contribution in [0.4, 0.5) is 0 Å². The zero-order valence-electron chi connectivity index (χ0n) is 18.1. The summed E-state index contributed by atoms with van der Waals surface area (Å²) >= 11 is -1.83. The van der Waals surface area contributed by atoms with Crippen molar-refractivity contribution in [3.8, 4) is 0 Å². The van der Waals surface area contributed by atoms with Gasteiger partial charge in [-0.05, 0) is 0 Å². The van der Waals surface area contributed by atoms with E-state index in [4.69, 9.17) is 6.15 Å². The molecule has 0 saturated heterocycles. The normalized spacial score (nSPS) is 13.3. The third-order valence-corrected chi connectivity index (χ3v) is 6.02. The molecule has 0 bridgehead atoms. The van der Waals surface area contributed by atoms with E-state index in [1.54, 1.807) is 0 Å². The van der Waals surface area contributed by atoms with Crippen molar-refractivity contribution in [2.24, 2.45) is 16.7 Å². The Balaban J connectivity index is 3.68. The van der Waals surface area contributed by atoms with Crippen LogP contribution in [0.2, 0.25) is 0 Å². The molecular formula is C21H40O4Sn. The third-order valence-electron chi connectivity index (χ3n) is 4.32. The van der Waals surface area contributed by atoms with Crippen molar-refractivity contribution in [2.45, 2.75) is 106 Å². The number of rotatable bonds is 12. The Hall–Kier alpha value is -0.261. The average Bonchev–Trinajstić information content (AvgIpc) is 2.48. The van der Waals surface area contributed by atoms with Gasteiger partial charge in [-0.2, -0.15) is 0 Å². The Labute approximate surface area is 172 Å². The average molecular weight is 475 g/mol. The van der Waals surface area contributed by atoms with Crippen LogP contribution in [0.25, 0.3) is 0 Å². The van der Waals surface area contributed by atoms with Gasteiger partial charge in [-0.1, -0.05) is 0 Å². The van der Waals surface area contributed by atoms with Gasteiger partial charge in [-0.25, -0.2) is 0 Å². The minimum atomic E-state index is -1.83. The molecule has 0 aromatic carbocycles. The molecule has 1 atom stereocenters. The standard InChI is InChI=1S/C11H22O2.C10H20O2.Sn/c1-9(10(12)13)7-5-6-8-11(2,3)4;1-10(2,3)8-6-4-5-7-9(11)12;/h9H,5-8H2,1-4H3,(H,12,13);4-8H2,1-3H3,(H,11,12);/q;;+2/p-2. The molecule has 0 fully saturated rings. The molecule has 4 nitrogen and oxygen atoms in total. The summed E-state index contributed by atoms with van der Waals surface area (Å²) in [6, 6.07) is 0. The Morgan fingerprint density at radius 1 is 0.808 bits per heavy atom. The molecule has 0 heterocycles. The van der Waals surface area contributed by atoms with Gasteiger partial charge in [0.05, 0.1) is 0 Å². The first kappa shape index (κ1) is 25.7. The molecule has 0 aliphatic heterocycles. The SMILES string of the molecule is CC(CCCCC(C)(C)C)C(=O)[O][Sn][O]C(=O)CCCCCC(C)(C)C. The molecule has 2 radical (unpaired) electrons. The van der Waals surface area contributed by atoms with Gasteiger partial charge in [-0.3, -0.25) is 0 Å². The van der Waals surface area contributed by atoms with Gasteiger partial charge < -0.3 is 0 Å². The number of carbonyl (C=O) groups excluding carboxylic acids is 2. The molecule has 0 aromatic rings. The summed E-state index contributed by atoms with van der Waals surface area (Å²) in [6.07, 6.45) is 8.82. The van der Waals surface area contributed by atoms with E-state index in [2.05, 4.69) is 41.5 Å². The topological polar surface area (TPSA) is 52.6 Å². The van der Waals surface area contributed by atoms with Crippen LogP contribution >= 0.6 is 0 Å². The van der Waals surface area contributed by atoms with Crippen LogP contribution in [-0.2, 0) is 15.7 Å². The molecule has 0 saturated carbocycles. The molecule has 0 aliphatic carbocycles. The quantitative estimate of drug-likeness (QED) is 0.263. The first-order chi connectivity index (χ1) is 11.9. The van der Waals surface area contributed by atoms with E-state index in [1.165, 1.54) is 12.8 Å². The Morgan fingerprint density at radius 3 is 1.88 bits per heavy atom. The molecule has 5 heteroatoms. The molecule has 26 heavy (non-hydrogen) atoms. The van der Waals surface area contributed by atoms with Gasteiger partial charge in [0.2, 0.25) is 0 Å². The van der Waals surface area contributed by atoms with Crippen molar-refractivity contribution in [1.29, 1.82) is 0 Å². The van der Waals surface area contributed by atoms with E-state index < -0.39 is 22.0 Å². The Morgan fingerprint density at radius 2 is 1.35 bits per heavy atom. The maximum absolute atomic E-state index is 11.9. The van der Waals surface area contributed by atoms with E-state index in [0.717, 1.165) is 38.5 Å². The van der Waals surface area contributed by atoms with Crippen molar-refractivity contribution in [1.82, 2.24) is 0 Å². The molecule has 0 aliphatic rings. The zero-order valence-corrected chi connectivity index (χ0v) is 20.9. The zero-order chi connectivity index (χ0) is 20.2. The fourth-order valence-corrected chi connectivity index (χ4v) is 4.07. The summed E-state index contributed by atoms with van der Waals surface area (Å²) in [4.78, 5) is 23.6. The number of hydrogen-bond acceptors (Lipinski definition) is 4. The molecule has 1 unspecified atom stereocenters. The minimum absolute atomic E-state index is 0.105. The maximum atomic E-state index is 11.9.